The largest absolute Gasteiger partial charge is 0.347 e. The molecule has 1 aliphatic heterocycles. The van der Waals surface area contributed by atoms with E-state index in [0.29, 0.717) is 0 Å². The molecule has 1 aromatic heterocycles. The van der Waals surface area contributed by atoms with Gasteiger partial charge in [0.25, 0.3) is 5.91 Å². The number of rotatable bonds is 2. The molecule has 4 nitrogen and oxygen atoms in total. The molecule has 1 aromatic carbocycles. The van der Waals surface area contributed by atoms with E-state index in [0.717, 1.165) is 43.6 Å². The predicted octanol–water partition coefficient (Wildman–Crippen LogP) is 2.51. The van der Waals surface area contributed by atoms with Crippen molar-refractivity contribution in [2.75, 3.05) is 0 Å². The average Bonchev–Trinajstić information content (AvgIpc) is 3.02. The van der Waals surface area contributed by atoms with Crippen LogP contribution in [0.4, 0.5) is 0 Å². The summed E-state index contributed by atoms with van der Waals surface area (Å²) in [7, 11) is 0. The van der Waals surface area contributed by atoms with Gasteiger partial charge in [-0.25, -0.2) is 4.98 Å². The number of aromatic nitrogens is 2. The van der Waals surface area contributed by atoms with Crippen molar-refractivity contribution in [2.45, 2.75) is 51.1 Å². The summed E-state index contributed by atoms with van der Waals surface area (Å²) in [5.74, 6) is 1.18. The van der Waals surface area contributed by atoms with Crippen molar-refractivity contribution in [3.8, 4) is 0 Å². The summed E-state index contributed by atoms with van der Waals surface area (Å²) in [5, 5.41) is 3.19. The lowest BCUT2D eigenvalue weighted by molar-refractivity contribution is 0.0927. The normalized spacial score (nSPS) is 20.1. The van der Waals surface area contributed by atoms with Crippen molar-refractivity contribution in [1.29, 1.82) is 0 Å². The van der Waals surface area contributed by atoms with E-state index in [9.17, 15) is 4.79 Å². The topological polar surface area (TPSA) is 46.9 Å². The number of nitrogens with one attached hydrogen (secondary N) is 1. The van der Waals surface area contributed by atoms with E-state index in [1.165, 1.54) is 24.0 Å². The number of hydrogen-bond donors (Lipinski definition) is 1. The zero-order valence-electron chi connectivity index (χ0n) is 12.7. The number of nitrogens with zero attached hydrogens (tertiary/aromatic N) is 2. The highest BCUT2D eigenvalue weighted by Crippen LogP contribution is 2.22. The summed E-state index contributed by atoms with van der Waals surface area (Å²) in [4.78, 5) is 16.8. The molecule has 1 N–H and O–H groups in total. The second-order valence-electron chi connectivity index (χ2n) is 6.40. The van der Waals surface area contributed by atoms with Gasteiger partial charge in [0, 0.05) is 37.0 Å². The van der Waals surface area contributed by atoms with Gasteiger partial charge >= 0.3 is 0 Å². The van der Waals surface area contributed by atoms with Crippen molar-refractivity contribution in [3.63, 3.8) is 0 Å². The minimum absolute atomic E-state index is 0.0574. The Kier molecular flexibility index (Phi) is 3.45. The van der Waals surface area contributed by atoms with Gasteiger partial charge in [0.05, 0.1) is 0 Å². The van der Waals surface area contributed by atoms with Crippen LogP contribution in [0, 0.1) is 0 Å². The Hall–Kier alpha value is -2.10. The Labute approximate surface area is 130 Å². The molecule has 1 atom stereocenters. The van der Waals surface area contributed by atoms with E-state index in [-0.39, 0.29) is 11.9 Å². The highest BCUT2D eigenvalue weighted by Gasteiger charge is 2.21. The van der Waals surface area contributed by atoms with E-state index in [1.807, 2.05) is 18.5 Å². The van der Waals surface area contributed by atoms with Gasteiger partial charge in [0.2, 0.25) is 0 Å². The van der Waals surface area contributed by atoms with Crippen molar-refractivity contribution >= 4 is 5.91 Å². The number of carbonyl (C=O) groups is 1. The first-order valence-corrected chi connectivity index (χ1v) is 8.22. The standard InChI is InChI=1S/C18H21N3O/c22-18(15-6-5-13-3-1-2-4-14(13)11-15)20-16-7-8-17-19-9-10-21(17)12-16/h5-6,9-11,16H,1-4,7-8,12H2,(H,20,22)/t16-/m1/s1. The summed E-state index contributed by atoms with van der Waals surface area (Å²) < 4.78 is 2.14. The number of carbonyl (C=O) groups excluding carboxylic acids is 1. The molecule has 0 saturated carbocycles. The summed E-state index contributed by atoms with van der Waals surface area (Å²) in [6, 6.07) is 6.41. The molecule has 0 unspecified atom stereocenters. The summed E-state index contributed by atoms with van der Waals surface area (Å²) >= 11 is 0. The van der Waals surface area contributed by atoms with Crippen molar-refractivity contribution < 1.29 is 4.79 Å². The molecule has 0 radical (unpaired) electrons. The van der Waals surface area contributed by atoms with Crippen LogP contribution in [0.25, 0.3) is 0 Å². The van der Waals surface area contributed by atoms with Crippen LogP contribution in [0.3, 0.4) is 0 Å². The van der Waals surface area contributed by atoms with Gasteiger partial charge < -0.3 is 9.88 Å². The SMILES string of the molecule is O=C(N[C@@H]1CCc2nccn2C1)c1ccc2c(c1)CCCC2. The van der Waals surface area contributed by atoms with E-state index in [1.54, 1.807) is 0 Å². The Morgan fingerprint density at radius 3 is 2.95 bits per heavy atom. The summed E-state index contributed by atoms with van der Waals surface area (Å²) in [6.07, 6.45) is 10.5. The van der Waals surface area contributed by atoms with E-state index >= 15 is 0 Å². The summed E-state index contributed by atoms with van der Waals surface area (Å²) in [6.45, 7) is 0.825. The van der Waals surface area contributed by atoms with Crippen molar-refractivity contribution in [2.24, 2.45) is 0 Å². The Bertz CT molecular complexity index is 704. The molecule has 4 rings (SSSR count). The Morgan fingerprint density at radius 2 is 2.05 bits per heavy atom. The molecule has 2 heterocycles. The molecule has 2 aliphatic rings. The second-order valence-corrected chi connectivity index (χ2v) is 6.40. The van der Waals surface area contributed by atoms with E-state index in [4.69, 9.17) is 0 Å². The zero-order chi connectivity index (χ0) is 14.9. The minimum atomic E-state index is 0.0574. The molecular formula is C18H21N3O. The first-order chi connectivity index (χ1) is 10.8. The van der Waals surface area contributed by atoms with E-state index in [2.05, 4.69) is 27.0 Å². The van der Waals surface area contributed by atoms with Gasteiger partial charge in [-0.2, -0.15) is 0 Å². The summed E-state index contributed by atoms with van der Waals surface area (Å²) in [5.41, 5.74) is 3.58. The third-order valence-corrected chi connectivity index (χ3v) is 4.88. The third-order valence-electron chi connectivity index (χ3n) is 4.88. The highest BCUT2D eigenvalue weighted by atomic mass is 16.1. The lowest BCUT2D eigenvalue weighted by Gasteiger charge is -2.25. The second kappa shape index (κ2) is 5.59. The fraction of sp³-hybridized carbons (Fsp3) is 0.444. The number of imidazole rings is 1. The molecule has 22 heavy (non-hydrogen) atoms. The minimum Gasteiger partial charge on any atom is -0.347 e. The first kappa shape index (κ1) is 13.6. The van der Waals surface area contributed by atoms with Gasteiger partial charge in [-0.1, -0.05) is 6.07 Å². The van der Waals surface area contributed by atoms with Gasteiger partial charge in [-0.05, 0) is 55.4 Å². The number of amides is 1. The van der Waals surface area contributed by atoms with E-state index < -0.39 is 0 Å². The highest BCUT2D eigenvalue weighted by molar-refractivity contribution is 5.94. The number of fused-ring (bicyclic) bond motifs is 2. The molecule has 1 amide bonds. The van der Waals surface area contributed by atoms with Crippen molar-refractivity contribution in [1.82, 2.24) is 14.9 Å². The molecule has 0 spiro atoms. The van der Waals surface area contributed by atoms with Gasteiger partial charge in [0.15, 0.2) is 0 Å². The van der Waals surface area contributed by atoms with Crippen molar-refractivity contribution in [3.05, 3.63) is 53.1 Å². The van der Waals surface area contributed by atoms with Crippen LogP contribution in [-0.2, 0) is 25.8 Å². The molecule has 0 bridgehead atoms. The maximum atomic E-state index is 12.5. The smallest absolute Gasteiger partial charge is 0.251 e. The third kappa shape index (κ3) is 2.54. The van der Waals surface area contributed by atoms with Crippen LogP contribution in [-0.4, -0.2) is 21.5 Å². The maximum Gasteiger partial charge on any atom is 0.251 e. The van der Waals surface area contributed by atoms with Crippen LogP contribution >= 0.6 is 0 Å². The average molecular weight is 295 g/mol. The van der Waals surface area contributed by atoms with Gasteiger partial charge in [-0.3, -0.25) is 4.79 Å². The molecule has 0 fully saturated rings. The molecule has 4 heteroatoms. The predicted molar refractivity (Wildman–Crippen MR) is 84.9 cm³/mol. The van der Waals surface area contributed by atoms with Gasteiger partial charge in [-0.15, -0.1) is 0 Å². The number of benzene rings is 1. The van der Waals surface area contributed by atoms with Crippen LogP contribution in [0.15, 0.2) is 30.6 Å². The molecule has 0 saturated heterocycles. The molecule has 114 valence electrons. The van der Waals surface area contributed by atoms with Crippen LogP contribution in [0.5, 0.6) is 0 Å². The van der Waals surface area contributed by atoms with Crippen LogP contribution in [0.1, 0.15) is 46.6 Å². The Balaban J connectivity index is 1.46. The number of hydrogen-bond acceptors (Lipinski definition) is 2. The number of aryl methyl sites for hydroxylation is 3. The lowest BCUT2D eigenvalue weighted by atomic mass is 9.90. The molecule has 1 aliphatic carbocycles. The first-order valence-electron chi connectivity index (χ1n) is 8.22. The molecule has 2 aromatic rings. The van der Waals surface area contributed by atoms with Gasteiger partial charge in [0.1, 0.15) is 5.82 Å². The quantitative estimate of drug-likeness (QED) is 0.925. The maximum absolute atomic E-state index is 12.5. The monoisotopic (exact) mass is 295 g/mol. The van der Waals surface area contributed by atoms with Crippen LogP contribution < -0.4 is 5.32 Å². The Morgan fingerprint density at radius 1 is 1.18 bits per heavy atom. The van der Waals surface area contributed by atoms with Crippen LogP contribution in [0.2, 0.25) is 0 Å². The molecular weight excluding hydrogens is 274 g/mol. The fourth-order valence-corrected chi connectivity index (χ4v) is 3.63. The fourth-order valence-electron chi connectivity index (χ4n) is 3.63. The zero-order valence-corrected chi connectivity index (χ0v) is 12.7. The lowest BCUT2D eigenvalue weighted by Crippen LogP contribution is -2.40.